The van der Waals surface area contributed by atoms with Gasteiger partial charge in [-0.15, -0.1) is 0 Å². The highest BCUT2D eigenvalue weighted by Gasteiger charge is 2.37. The number of likely N-dealkylation sites (N-methyl/N-ethyl adjacent to an activating group) is 2. The van der Waals surface area contributed by atoms with Crippen molar-refractivity contribution >= 4 is 66.0 Å². The third-order valence-electron chi connectivity index (χ3n) is 15.8. The van der Waals surface area contributed by atoms with Gasteiger partial charge in [0.05, 0.1) is 34.0 Å². The number of unbranched alkanes of at least 4 members (excludes halogenated alkanes) is 2. The highest BCUT2D eigenvalue weighted by molar-refractivity contribution is 7.89. The second-order valence-electron chi connectivity index (χ2n) is 21.7. The summed E-state index contributed by atoms with van der Waals surface area (Å²) in [5, 5.41) is 12.4. The molecule has 456 valence electrons. The van der Waals surface area contributed by atoms with Gasteiger partial charge in [-0.3, -0.25) is 38.7 Å². The van der Waals surface area contributed by atoms with Crippen LogP contribution in [0.5, 0.6) is 0 Å². The molecule has 6 N–H and O–H groups in total. The zero-order valence-electron chi connectivity index (χ0n) is 48.4. The number of rotatable bonds is 28. The molecule has 24 heteroatoms. The van der Waals surface area contributed by atoms with E-state index in [4.69, 9.17) is 0 Å². The van der Waals surface area contributed by atoms with E-state index in [0.29, 0.717) is 86.4 Å². The Hall–Kier alpha value is -7.74. The van der Waals surface area contributed by atoms with Crippen LogP contribution < -0.4 is 30.7 Å². The van der Waals surface area contributed by atoms with E-state index in [9.17, 15) is 54.4 Å². The van der Waals surface area contributed by atoms with Crippen molar-refractivity contribution in [3.8, 4) is 0 Å². The lowest BCUT2D eigenvalue weighted by Gasteiger charge is -2.30. The molecule has 0 radical (unpaired) electrons. The molecule has 0 aliphatic carbocycles. The number of nitrogens with zero attached hydrogens (tertiary/aromatic N) is 4. The number of fused-ring (bicyclic) bond motifs is 1. The van der Waals surface area contributed by atoms with Crippen molar-refractivity contribution in [1.29, 1.82) is 0 Å². The second-order valence-corrected chi connectivity index (χ2v) is 25.2. The topological polar surface area (TPSA) is 275 Å². The standard InChI is InChI=1S/C62H72F2N10O10S2/c1-39(65-3)59(77)71-53(61(79)73-29-9-13-55(73)45-31-47(37-67-35-45)57(75)42-15-21-49(63)22-16-42)11-5-7-27-69-85(81,82)51-25-19-41-20-26-52(34-44(41)33-51)86(83,84)70-28-8-6-12-54(72-60(78)40(2)66-4)62(80)74-30-10-14-56(74)46-32-48(38-68-36-46)58(76)43-17-23-50(64)24-18-43/h15-26,31-40,53-56,65-66,69-70H,5-14,27-30H2,1-4H3,(H,71,77)(H,72,78)/t39-,40-,53-,54-,55-,56-/m0/s1. The maximum Gasteiger partial charge on any atom is 0.245 e. The number of sulfonamides is 2. The molecule has 4 amide bonds. The van der Waals surface area contributed by atoms with Gasteiger partial charge in [0.2, 0.25) is 43.7 Å². The Morgan fingerprint density at radius 2 is 0.919 bits per heavy atom. The van der Waals surface area contributed by atoms with E-state index in [2.05, 4.69) is 40.7 Å². The number of carbonyl (C=O) groups excluding carboxylic acids is 6. The van der Waals surface area contributed by atoms with Crippen molar-refractivity contribution in [2.45, 2.75) is 124 Å². The fraction of sp³-hybridized carbons (Fsp3) is 0.387. The minimum absolute atomic E-state index is 0.0150. The van der Waals surface area contributed by atoms with E-state index in [0.717, 1.165) is 0 Å². The quantitative estimate of drug-likeness (QED) is 0.0237. The summed E-state index contributed by atoms with van der Waals surface area (Å²) in [7, 11) is -4.99. The molecule has 6 aromatic rings. The van der Waals surface area contributed by atoms with Gasteiger partial charge < -0.3 is 31.1 Å². The Balaban J connectivity index is 0.851. The molecular weight excluding hydrogens is 1150 g/mol. The first-order valence-electron chi connectivity index (χ1n) is 28.8. The third kappa shape index (κ3) is 16.0. The summed E-state index contributed by atoms with van der Waals surface area (Å²) in [6.45, 7) is 4.07. The first-order valence-corrected chi connectivity index (χ1v) is 31.7. The number of benzene rings is 4. The van der Waals surface area contributed by atoms with Crippen LogP contribution in [0, 0.1) is 11.6 Å². The maximum atomic E-state index is 14.3. The molecule has 4 heterocycles. The van der Waals surface area contributed by atoms with Gasteiger partial charge in [-0.2, -0.15) is 0 Å². The Morgan fingerprint density at radius 3 is 1.30 bits per heavy atom. The number of likely N-dealkylation sites (tertiary alicyclic amines) is 2. The molecule has 0 saturated carbocycles. The van der Waals surface area contributed by atoms with E-state index in [1.54, 1.807) is 74.4 Å². The number of hydrogen-bond donors (Lipinski definition) is 6. The smallest absolute Gasteiger partial charge is 0.245 e. The molecule has 2 aliphatic heterocycles. The molecule has 2 saturated heterocycles. The number of amides is 4. The number of carbonyl (C=O) groups is 6. The minimum Gasteiger partial charge on any atom is -0.343 e. The Bertz CT molecular complexity index is 3440. The van der Waals surface area contributed by atoms with E-state index < -0.39 is 79.7 Å². The van der Waals surface area contributed by atoms with E-state index in [1.165, 1.54) is 85.2 Å². The van der Waals surface area contributed by atoms with Gasteiger partial charge in [0.15, 0.2) is 11.6 Å². The molecule has 8 rings (SSSR count). The zero-order chi connectivity index (χ0) is 61.7. The summed E-state index contributed by atoms with van der Waals surface area (Å²) in [6, 6.07) is 18.4. The molecule has 2 aliphatic rings. The van der Waals surface area contributed by atoms with Crippen LogP contribution in [0.3, 0.4) is 0 Å². The lowest BCUT2D eigenvalue weighted by Crippen LogP contribution is -2.52. The van der Waals surface area contributed by atoms with Crippen LogP contribution in [0.2, 0.25) is 0 Å². The van der Waals surface area contributed by atoms with Crippen molar-refractivity contribution < 1.29 is 54.4 Å². The van der Waals surface area contributed by atoms with Crippen LogP contribution >= 0.6 is 0 Å². The maximum absolute atomic E-state index is 14.3. The summed E-state index contributed by atoms with van der Waals surface area (Å²) in [5.41, 5.74) is 2.40. The summed E-state index contributed by atoms with van der Waals surface area (Å²) in [4.78, 5) is 93.3. The van der Waals surface area contributed by atoms with Crippen LogP contribution in [-0.2, 0) is 39.2 Å². The fourth-order valence-electron chi connectivity index (χ4n) is 10.7. The summed E-state index contributed by atoms with van der Waals surface area (Å²) in [5.74, 6) is -3.12. The Kier molecular flexibility index (Phi) is 21.7. The van der Waals surface area contributed by atoms with Gasteiger partial charge in [0.25, 0.3) is 0 Å². The first-order chi connectivity index (χ1) is 41.2. The van der Waals surface area contributed by atoms with Gasteiger partial charge >= 0.3 is 0 Å². The van der Waals surface area contributed by atoms with E-state index >= 15 is 0 Å². The number of pyridine rings is 2. The van der Waals surface area contributed by atoms with Gasteiger partial charge in [-0.25, -0.2) is 35.1 Å². The third-order valence-corrected chi connectivity index (χ3v) is 18.7. The molecule has 20 nitrogen and oxygen atoms in total. The molecular formula is C62H72F2N10O10S2. The number of ketones is 2. The number of nitrogens with one attached hydrogen (secondary N) is 6. The van der Waals surface area contributed by atoms with Crippen molar-refractivity contribution in [2.75, 3.05) is 40.3 Å². The average Bonchev–Trinajstić information content (AvgIpc) is 2.67. The van der Waals surface area contributed by atoms with Crippen molar-refractivity contribution in [3.63, 3.8) is 0 Å². The second kappa shape index (κ2) is 29.1. The fourth-order valence-corrected chi connectivity index (χ4v) is 12.9. The predicted octanol–water partition coefficient (Wildman–Crippen LogP) is 6.18. The molecule has 4 aromatic carbocycles. The highest BCUT2D eigenvalue weighted by atomic mass is 32.2. The van der Waals surface area contributed by atoms with Crippen molar-refractivity contribution in [2.24, 2.45) is 0 Å². The summed E-state index contributed by atoms with van der Waals surface area (Å²) < 4.78 is 87.1. The monoisotopic (exact) mass is 1220 g/mol. The molecule has 0 unspecified atom stereocenters. The van der Waals surface area contributed by atoms with Gasteiger partial charge in [-0.05, 0) is 199 Å². The van der Waals surface area contributed by atoms with Gasteiger partial charge in [-0.1, -0.05) is 12.1 Å². The summed E-state index contributed by atoms with van der Waals surface area (Å²) >= 11 is 0. The lowest BCUT2D eigenvalue weighted by atomic mass is 9.99. The van der Waals surface area contributed by atoms with E-state index in [-0.39, 0.29) is 81.4 Å². The number of aromatic nitrogens is 2. The molecule has 2 aromatic heterocycles. The highest BCUT2D eigenvalue weighted by Crippen LogP contribution is 2.35. The van der Waals surface area contributed by atoms with Crippen LogP contribution in [0.25, 0.3) is 10.8 Å². The summed E-state index contributed by atoms with van der Waals surface area (Å²) in [6.07, 6.45) is 10.2. The van der Waals surface area contributed by atoms with Gasteiger partial charge in [0, 0.05) is 73.2 Å². The van der Waals surface area contributed by atoms with Crippen molar-refractivity contribution in [1.82, 2.24) is 50.5 Å². The van der Waals surface area contributed by atoms with E-state index in [1.807, 2.05) is 0 Å². The Morgan fingerprint density at radius 1 is 0.523 bits per heavy atom. The molecule has 0 bridgehead atoms. The SMILES string of the molecule is CN[C@@H](C)C(=O)N[C@@H](CCCCNS(=O)(=O)c1ccc2ccc(S(=O)(=O)NCCCC[C@H](NC(=O)[C@H](C)NC)C(=O)N3CCC[C@H]3c3cncc(C(=O)c4ccc(F)cc4)c3)cc2c1)C(=O)N1CCC[C@H]1c1cncc(C(=O)c2ccc(F)cc2)c1. The number of hydrogen-bond acceptors (Lipinski definition) is 14. The Labute approximate surface area is 499 Å². The van der Waals surface area contributed by atoms with Crippen LogP contribution in [0.1, 0.15) is 133 Å². The normalized spacial score (nSPS) is 16.8. The zero-order valence-corrected chi connectivity index (χ0v) is 50.0. The largest absolute Gasteiger partial charge is 0.343 e. The predicted molar refractivity (Wildman–Crippen MR) is 318 cm³/mol. The van der Waals surface area contributed by atoms with Crippen LogP contribution in [0.15, 0.2) is 132 Å². The minimum atomic E-state index is -4.11. The van der Waals surface area contributed by atoms with Gasteiger partial charge in [0.1, 0.15) is 23.7 Å². The molecule has 86 heavy (non-hydrogen) atoms. The van der Waals surface area contributed by atoms with Crippen molar-refractivity contribution in [3.05, 3.63) is 167 Å². The molecule has 6 atom stereocenters. The average molecular weight is 1220 g/mol. The lowest BCUT2D eigenvalue weighted by molar-refractivity contribution is -0.138. The van der Waals surface area contributed by atoms with Crippen LogP contribution in [-0.4, -0.2) is 136 Å². The first kappa shape index (κ1) is 64.3. The molecule has 0 spiro atoms. The molecule has 2 fully saturated rings. The number of halogens is 2. The van der Waals surface area contributed by atoms with Crippen LogP contribution in [0.4, 0.5) is 8.78 Å².